The monoisotopic (exact) mass is 391 g/mol. The van der Waals surface area contributed by atoms with E-state index in [0.29, 0.717) is 24.5 Å². The van der Waals surface area contributed by atoms with Crippen molar-refractivity contribution >= 4 is 29.1 Å². The molecule has 1 aromatic rings. The number of rotatable bonds is 7. The summed E-state index contributed by atoms with van der Waals surface area (Å²) in [6.07, 6.45) is 0.260. The number of hydrogen-bond acceptors (Lipinski definition) is 4. The number of likely N-dealkylation sites (N-methyl/N-ethyl adjacent to an activating group) is 1. The van der Waals surface area contributed by atoms with Crippen LogP contribution in [-0.2, 0) is 19.1 Å². The van der Waals surface area contributed by atoms with Gasteiger partial charge in [0.25, 0.3) is 5.91 Å². The number of amides is 3. The number of morpholine rings is 1. The highest BCUT2D eigenvalue weighted by atomic mass is 16.5. The highest BCUT2D eigenvalue weighted by molar-refractivity contribution is 5.95. The molecule has 2 rings (SSSR count). The molecule has 0 bridgehead atoms. The Kier molecular flexibility index (Phi) is 7.95. The predicted octanol–water partition coefficient (Wildman–Crippen LogP) is 0.124. The van der Waals surface area contributed by atoms with Gasteiger partial charge in [-0.2, -0.15) is 0 Å². The highest BCUT2D eigenvalue weighted by Crippen LogP contribution is 2.13. The van der Waals surface area contributed by atoms with E-state index in [0.717, 1.165) is 13.1 Å². The summed E-state index contributed by atoms with van der Waals surface area (Å²) in [5.41, 5.74) is 1.27. The van der Waals surface area contributed by atoms with E-state index < -0.39 is 0 Å². The first-order valence-electron chi connectivity index (χ1n) is 9.71. The van der Waals surface area contributed by atoms with Crippen LogP contribution in [0.1, 0.15) is 27.7 Å². The molecule has 0 saturated carbocycles. The Hall–Kier alpha value is -2.45. The van der Waals surface area contributed by atoms with Gasteiger partial charge in [-0.1, -0.05) is 0 Å². The van der Waals surface area contributed by atoms with Gasteiger partial charge in [0.1, 0.15) is 31.8 Å². The van der Waals surface area contributed by atoms with Crippen molar-refractivity contribution < 1.29 is 24.0 Å². The molecular formula is C20H31N4O4+. The molecule has 154 valence electrons. The van der Waals surface area contributed by atoms with Gasteiger partial charge in [0.2, 0.25) is 11.8 Å². The second-order valence-electron chi connectivity index (χ2n) is 7.31. The third kappa shape index (κ3) is 6.94. The third-order valence-electron chi connectivity index (χ3n) is 4.58. The minimum absolute atomic E-state index is 0.0116. The van der Waals surface area contributed by atoms with Crippen LogP contribution in [-0.4, -0.2) is 67.6 Å². The Morgan fingerprint density at radius 3 is 2.11 bits per heavy atom. The number of ether oxygens (including phenoxy) is 1. The molecule has 8 heteroatoms. The van der Waals surface area contributed by atoms with Crippen LogP contribution in [0.3, 0.4) is 0 Å². The Morgan fingerprint density at radius 2 is 1.61 bits per heavy atom. The van der Waals surface area contributed by atoms with Crippen molar-refractivity contribution in [3.63, 3.8) is 0 Å². The van der Waals surface area contributed by atoms with Crippen LogP contribution in [0.2, 0.25) is 0 Å². The molecule has 0 aromatic heterocycles. The molecule has 0 unspecified atom stereocenters. The molecule has 1 aromatic carbocycles. The normalized spacial score (nSPS) is 21.6. The van der Waals surface area contributed by atoms with Crippen molar-refractivity contribution in [1.29, 1.82) is 0 Å². The zero-order valence-corrected chi connectivity index (χ0v) is 17.1. The van der Waals surface area contributed by atoms with Crippen LogP contribution in [0.25, 0.3) is 0 Å². The number of hydrogen-bond donors (Lipinski definition) is 3. The molecule has 0 radical (unpaired) electrons. The van der Waals surface area contributed by atoms with Gasteiger partial charge in [0, 0.05) is 24.8 Å². The highest BCUT2D eigenvalue weighted by Gasteiger charge is 2.29. The smallest absolute Gasteiger partial charge is 0.278 e. The predicted molar refractivity (Wildman–Crippen MR) is 107 cm³/mol. The molecule has 1 aliphatic rings. The number of carbonyl (C=O) groups excluding carboxylic acids is 3. The zero-order valence-electron chi connectivity index (χ0n) is 17.1. The average Bonchev–Trinajstić information content (AvgIpc) is 2.60. The summed E-state index contributed by atoms with van der Waals surface area (Å²) >= 11 is 0. The second-order valence-corrected chi connectivity index (χ2v) is 7.31. The van der Waals surface area contributed by atoms with E-state index in [9.17, 15) is 14.4 Å². The molecular weight excluding hydrogens is 360 g/mol. The van der Waals surface area contributed by atoms with Crippen molar-refractivity contribution in [3.8, 4) is 0 Å². The summed E-state index contributed by atoms with van der Waals surface area (Å²) in [5, 5.41) is 5.46. The van der Waals surface area contributed by atoms with Gasteiger partial charge < -0.3 is 25.2 Å². The average molecular weight is 391 g/mol. The molecule has 0 spiro atoms. The van der Waals surface area contributed by atoms with E-state index in [4.69, 9.17) is 4.74 Å². The van der Waals surface area contributed by atoms with Gasteiger partial charge in [-0.15, -0.1) is 0 Å². The van der Waals surface area contributed by atoms with Crippen LogP contribution in [0, 0.1) is 0 Å². The SMILES string of the molecule is CCN(CC(=O)Nc1ccc(NC(C)=O)cc1)C(=O)C[NH+]1C[C@H](C)O[C@@H](C)C1. The quantitative estimate of drug-likeness (QED) is 0.616. The summed E-state index contributed by atoms with van der Waals surface area (Å²) in [4.78, 5) is 38.8. The van der Waals surface area contributed by atoms with Crippen LogP contribution in [0.5, 0.6) is 0 Å². The first kappa shape index (κ1) is 21.8. The maximum Gasteiger partial charge on any atom is 0.278 e. The first-order valence-corrected chi connectivity index (χ1v) is 9.71. The number of nitrogens with zero attached hydrogens (tertiary/aromatic N) is 1. The number of quaternary nitrogens is 1. The van der Waals surface area contributed by atoms with Crippen molar-refractivity contribution in [2.24, 2.45) is 0 Å². The molecule has 1 heterocycles. The van der Waals surface area contributed by atoms with Crippen LogP contribution in [0.4, 0.5) is 11.4 Å². The Bertz CT molecular complexity index is 682. The van der Waals surface area contributed by atoms with E-state index >= 15 is 0 Å². The van der Waals surface area contributed by atoms with Crippen molar-refractivity contribution in [3.05, 3.63) is 24.3 Å². The molecule has 1 aliphatic heterocycles. The lowest BCUT2D eigenvalue weighted by molar-refractivity contribution is -0.907. The topological polar surface area (TPSA) is 92.2 Å². The standard InChI is InChI=1S/C20H30N4O4/c1-5-24(20(27)13-23-10-14(2)28-15(3)11-23)12-19(26)22-18-8-6-17(7-9-18)21-16(4)25/h6-9,14-15H,5,10-13H2,1-4H3,(H,21,25)(H,22,26)/p+1/t14-,15-/m0/s1. The lowest BCUT2D eigenvalue weighted by atomic mass is 10.2. The molecule has 3 amide bonds. The lowest BCUT2D eigenvalue weighted by Gasteiger charge is -2.33. The zero-order chi connectivity index (χ0) is 20.7. The van der Waals surface area contributed by atoms with Crippen molar-refractivity contribution in [2.45, 2.75) is 39.9 Å². The van der Waals surface area contributed by atoms with E-state index in [1.165, 1.54) is 11.8 Å². The minimum atomic E-state index is -0.249. The summed E-state index contributed by atoms with van der Waals surface area (Å²) in [6, 6.07) is 6.84. The van der Waals surface area contributed by atoms with Gasteiger partial charge in [-0.25, -0.2) is 0 Å². The fraction of sp³-hybridized carbons (Fsp3) is 0.550. The molecule has 1 fully saturated rings. The van der Waals surface area contributed by atoms with Crippen LogP contribution in [0.15, 0.2) is 24.3 Å². The summed E-state index contributed by atoms with van der Waals surface area (Å²) in [5.74, 6) is -0.434. The van der Waals surface area contributed by atoms with Gasteiger partial charge in [0.15, 0.2) is 6.54 Å². The van der Waals surface area contributed by atoms with Gasteiger partial charge in [-0.3, -0.25) is 14.4 Å². The van der Waals surface area contributed by atoms with E-state index in [1.54, 1.807) is 29.2 Å². The first-order chi connectivity index (χ1) is 13.3. The fourth-order valence-corrected chi connectivity index (χ4v) is 3.45. The number of anilines is 2. The van der Waals surface area contributed by atoms with Crippen molar-refractivity contribution in [1.82, 2.24) is 4.90 Å². The van der Waals surface area contributed by atoms with E-state index in [2.05, 4.69) is 10.6 Å². The lowest BCUT2D eigenvalue weighted by Crippen LogP contribution is -3.16. The van der Waals surface area contributed by atoms with Gasteiger partial charge in [0.05, 0.1) is 0 Å². The fourth-order valence-electron chi connectivity index (χ4n) is 3.45. The minimum Gasteiger partial charge on any atom is -0.364 e. The molecule has 0 aliphatic carbocycles. The summed E-state index contributed by atoms with van der Waals surface area (Å²) < 4.78 is 5.71. The molecule has 28 heavy (non-hydrogen) atoms. The molecule has 1 saturated heterocycles. The van der Waals surface area contributed by atoms with Gasteiger partial charge in [-0.05, 0) is 45.0 Å². The van der Waals surface area contributed by atoms with Crippen LogP contribution < -0.4 is 15.5 Å². The van der Waals surface area contributed by atoms with Gasteiger partial charge >= 0.3 is 0 Å². The maximum atomic E-state index is 12.6. The number of benzene rings is 1. The summed E-state index contributed by atoms with van der Waals surface area (Å²) in [6.45, 7) is 9.77. The molecule has 8 nitrogen and oxygen atoms in total. The third-order valence-corrected chi connectivity index (χ3v) is 4.58. The maximum absolute atomic E-state index is 12.6. The Balaban J connectivity index is 1.86. The number of nitrogens with one attached hydrogen (secondary N) is 3. The summed E-state index contributed by atoms with van der Waals surface area (Å²) in [7, 11) is 0. The van der Waals surface area contributed by atoms with Crippen molar-refractivity contribution in [2.75, 3.05) is 43.4 Å². The van der Waals surface area contributed by atoms with Crippen LogP contribution >= 0.6 is 0 Å². The number of carbonyl (C=O) groups is 3. The Morgan fingerprint density at radius 1 is 1.07 bits per heavy atom. The Labute approximate surface area is 166 Å². The molecule has 2 atom stereocenters. The second kappa shape index (κ2) is 10.2. The largest absolute Gasteiger partial charge is 0.364 e. The molecule has 3 N–H and O–H groups in total. The van der Waals surface area contributed by atoms with E-state index in [-0.39, 0.29) is 36.5 Å². The van der Waals surface area contributed by atoms with E-state index in [1.807, 2.05) is 20.8 Å².